The summed E-state index contributed by atoms with van der Waals surface area (Å²) in [5.74, 6) is 0.392. The Bertz CT molecular complexity index is 1300. The highest BCUT2D eigenvalue weighted by molar-refractivity contribution is 5.68. The van der Waals surface area contributed by atoms with Crippen molar-refractivity contribution in [3.63, 3.8) is 0 Å². The van der Waals surface area contributed by atoms with Crippen molar-refractivity contribution < 1.29 is 9.53 Å². The monoisotopic (exact) mass is 485 g/mol. The van der Waals surface area contributed by atoms with Gasteiger partial charge in [0.2, 0.25) is 0 Å². The number of alkyl carbamates (subject to hydrolysis) is 1. The molecule has 1 fully saturated rings. The Kier molecular flexibility index (Phi) is 7.39. The van der Waals surface area contributed by atoms with Gasteiger partial charge in [-0.25, -0.2) is 9.78 Å². The summed E-state index contributed by atoms with van der Waals surface area (Å²) in [7, 11) is 0. The third-order valence-corrected chi connectivity index (χ3v) is 5.98. The van der Waals surface area contributed by atoms with Crippen molar-refractivity contribution in [3.8, 4) is 17.3 Å². The highest BCUT2D eigenvalue weighted by Gasteiger charge is 2.26. The molecule has 1 aliphatic heterocycles. The molecule has 0 bridgehead atoms. The number of aromatic nitrogens is 2. The van der Waals surface area contributed by atoms with Crippen molar-refractivity contribution >= 4 is 11.9 Å². The summed E-state index contributed by atoms with van der Waals surface area (Å²) in [6.07, 6.45) is 2.71. The smallest absolute Gasteiger partial charge is 0.407 e. The van der Waals surface area contributed by atoms with E-state index in [-0.39, 0.29) is 11.6 Å². The van der Waals surface area contributed by atoms with Gasteiger partial charge in [0.1, 0.15) is 5.60 Å². The van der Waals surface area contributed by atoms with E-state index < -0.39 is 11.7 Å². The number of nitriles is 1. The molecule has 186 valence electrons. The van der Waals surface area contributed by atoms with Gasteiger partial charge in [0.05, 0.1) is 23.9 Å². The molecule has 0 atom stereocenters. The minimum atomic E-state index is -0.551. The molecule has 2 heterocycles. The maximum Gasteiger partial charge on any atom is 0.407 e. The van der Waals surface area contributed by atoms with Crippen molar-refractivity contribution in [1.29, 1.82) is 5.26 Å². The number of rotatable bonds is 5. The number of ether oxygens (including phenoxy) is 1. The summed E-state index contributed by atoms with van der Waals surface area (Å²) in [4.78, 5) is 32.4. The molecule has 0 radical (unpaired) electrons. The first kappa shape index (κ1) is 25.0. The molecular formula is C28H31N5O3. The van der Waals surface area contributed by atoms with Crippen LogP contribution in [0.4, 0.5) is 10.6 Å². The molecule has 4 rings (SSSR count). The molecule has 8 heteroatoms. The number of amides is 1. The lowest BCUT2D eigenvalue weighted by Crippen LogP contribution is -2.47. The number of nitrogens with one attached hydrogen (secondary N) is 1. The van der Waals surface area contributed by atoms with Crippen LogP contribution in [0.25, 0.3) is 11.3 Å². The van der Waals surface area contributed by atoms with Crippen LogP contribution in [0.2, 0.25) is 0 Å². The molecule has 3 aromatic rings. The van der Waals surface area contributed by atoms with Crippen LogP contribution in [0, 0.1) is 11.3 Å². The van der Waals surface area contributed by atoms with Crippen LogP contribution in [0.5, 0.6) is 0 Å². The van der Waals surface area contributed by atoms with E-state index in [0.29, 0.717) is 49.6 Å². The molecule has 1 N–H and O–H groups in total. The fourth-order valence-corrected chi connectivity index (χ4v) is 4.19. The highest BCUT2D eigenvalue weighted by Crippen LogP contribution is 2.22. The van der Waals surface area contributed by atoms with E-state index in [1.165, 1.54) is 0 Å². The predicted molar refractivity (Wildman–Crippen MR) is 139 cm³/mol. The third-order valence-electron chi connectivity index (χ3n) is 5.98. The SMILES string of the molecule is CC(C)(C)OC(=O)NC1CCN(c2nc(-c3ccc(C#N)cc3)cn(Cc3ccccc3)c2=O)CC1. The Balaban J connectivity index is 1.59. The quantitative estimate of drug-likeness (QED) is 0.578. The van der Waals surface area contributed by atoms with Gasteiger partial charge in [0, 0.05) is 30.9 Å². The van der Waals surface area contributed by atoms with Gasteiger partial charge in [0.15, 0.2) is 5.82 Å². The normalized spacial score (nSPS) is 14.2. The van der Waals surface area contributed by atoms with Crippen LogP contribution in [0.1, 0.15) is 44.7 Å². The van der Waals surface area contributed by atoms with Crippen molar-refractivity contribution in [2.45, 2.75) is 51.8 Å². The lowest BCUT2D eigenvalue weighted by atomic mass is 10.1. The van der Waals surface area contributed by atoms with Gasteiger partial charge in [-0.05, 0) is 51.3 Å². The summed E-state index contributed by atoms with van der Waals surface area (Å²) >= 11 is 0. The van der Waals surface area contributed by atoms with Gasteiger partial charge in [-0.1, -0.05) is 42.5 Å². The number of benzene rings is 2. The summed E-state index contributed by atoms with van der Waals surface area (Å²) in [6.45, 7) is 7.11. The number of carbonyl (C=O) groups excluding carboxylic acids is 1. The van der Waals surface area contributed by atoms with Gasteiger partial charge in [-0.15, -0.1) is 0 Å². The van der Waals surface area contributed by atoms with Gasteiger partial charge < -0.3 is 19.5 Å². The van der Waals surface area contributed by atoms with Gasteiger partial charge >= 0.3 is 6.09 Å². The lowest BCUT2D eigenvalue weighted by molar-refractivity contribution is 0.0497. The van der Waals surface area contributed by atoms with E-state index in [4.69, 9.17) is 15.0 Å². The molecule has 0 saturated carbocycles. The van der Waals surface area contributed by atoms with Crippen molar-refractivity contribution in [2.75, 3.05) is 18.0 Å². The van der Waals surface area contributed by atoms with E-state index >= 15 is 0 Å². The minimum Gasteiger partial charge on any atom is -0.444 e. The average molecular weight is 486 g/mol. The van der Waals surface area contributed by atoms with Crippen LogP contribution in [-0.4, -0.2) is 40.4 Å². The number of carbonyl (C=O) groups is 1. The van der Waals surface area contributed by atoms with Crippen LogP contribution < -0.4 is 15.8 Å². The van der Waals surface area contributed by atoms with Crippen LogP contribution in [0.15, 0.2) is 65.6 Å². The van der Waals surface area contributed by atoms with E-state index in [9.17, 15) is 9.59 Å². The Hall–Kier alpha value is -4.12. The number of piperidine rings is 1. The molecule has 8 nitrogen and oxygen atoms in total. The Morgan fingerprint density at radius 2 is 1.78 bits per heavy atom. The summed E-state index contributed by atoms with van der Waals surface area (Å²) < 4.78 is 7.07. The van der Waals surface area contributed by atoms with E-state index in [1.807, 2.05) is 68.1 Å². The summed E-state index contributed by atoms with van der Waals surface area (Å²) in [5, 5.41) is 12.1. The first-order valence-electron chi connectivity index (χ1n) is 12.1. The summed E-state index contributed by atoms with van der Waals surface area (Å²) in [5.41, 5.74) is 2.37. The largest absolute Gasteiger partial charge is 0.444 e. The van der Waals surface area contributed by atoms with Crippen LogP contribution in [0.3, 0.4) is 0 Å². The van der Waals surface area contributed by atoms with Crippen molar-refractivity contribution in [2.24, 2.45) is 0 Å². The zero-order valence-electron chi connectivity index (χ0n) is 20.9. The summed E-state index contributed by atoms with van der Waals surface area (Å²) in [6, 6.07) is 19.1. The third kappa shape index (κ3) is 6.30. The zero-order valence-corrected chi connectivity index (χ0v) is 20.9. The van der Waals surface area contributed by atoms with Gasteiger partial charge in [0.25, 0.3) is 5.56 Å². The molecule has 1 aliphatic rings. The van der Waals surface area contributed by atoms with Gasteiger partial charge in [-0.3, -0.25) is 4.79 Å². The molecule has 1 saturated heterocycles. The van der Waals surface area contributed by atoms with Crippen molar-refractivity contribution in [3.05, 3.63) is 82.3 Å². The fraction of sp³-hybridized carbons (Fsp3) is 0.357. The second kappa shape index (κ2) is 10.6. The molecule has 2 aromatic carbocycles. The molecule has 0 aliphatic carbocycles. The number of nitrogens with zero attached hydrogens (tertiary/aromatic N) is 4. The Morgan fingerprint density at radius 3 is 2.39 bits per heavy atom. The number of hydrogen-bond acceptors (Lipinski definition) is 6. The minimum absolute atomic E-state index is 0.0237. The van der Waals surface area contributed by atoms with E-state index in [1.54, 1.807) is 22.9 Å². The molecule has 1 aromatic heterocycles. The van der Waals surface area contributed by atoms with Gasteiger partial charge in [-0.2, -0.15) is 5.26 Å². The maximum atomic E-state index is 13.5. The number of anilines is 1. The Morgan fingerprint density at radius 1 is 1.11 bits per heavy atom. The average Bonchev–Trinajstić information content (AvgIpc) is 2.85. The second-order valence-corrected chi connectivity index (χ2v) is 9.97. The van der Waals surface area contributed by atoms with E-state index in [0.717, 1.165) is 11.1 Å². The first-order valence-corrected chi connectivity index (χ1v) is 12.1. The van der Waals surface area contributed by atoms with Crippen LogP contribution in [-0.2, 0) is 11.3 Å². The van der Waals surface area contributed by atoms with Crippen LogP contribution >= 0.6 is 0 Å². The van der Waals surface area contributed by atoms with Crippen molar-refractivity contribution in [1.82, 2.24) is 14.9 Å². The standard InChI is InChI=1S/C28H31N5O3/c1-28(2,3)36-27(35)30-23-13-15-32(16-14-23)25-26(34)33(18-21-7-5-4-6-8-21)19-24(31-25)22-11-9-20(17-29)10-12-22/h4-12,19,23H,13-16,18H2,1-3H3,(H,30,35). The highest BCUT2D eigenvalue weighted by atomic mass is 16.6. The fourth-order valence-electron chi connectivity index (χ4n) is 4.19. The molecule has 1 amide bonds. The second-order valence-electron chi connectivity index (χ2n) is 9.97. The first-order chi connectivity index (χ1) is 17.2. The zero-order chi connectivity index (χ0) is 25.7. The molecule has 0 unspecified atom stereocenters. The molecule has 0 spiro atoms. The maximum absolute atomic E-state index is 13.5. The lowest BCUT2D eigenvalue weighted by Gasteiger charge is -2.33. The molecular weight excluding hydrogens is 454 g/mol. The number of hydrogen-bond donors (Lipinski definition) is 1. The topological polar surface area (TPSA) is 100 Å². The van der Waals surface area contributed by atoms with E-state index in [2.05, 4.69) is 11.4 Å². The molecule has 36 heavy (non-hydrogen) atoms. The Labute approximate surface area is 211 Å². The predicted octanol–water partition coefficient (Wildman–Crippen LogP) is 4.32.